The molecule has 4 aromatic rings. The van der Waals surface area contributed by atoms with Crippen molar-refractivity contribution < 1.29 is 51.0 Å². The first kappa shape index (κ1) is 42.4. The van der Waals surface area contributed by atoms with E-state index in [1.165, 1.54) is 12.1 Å². The van der Waals surface area contributed by atoms with Crippen LogP contribution in [-0.2, 0) is 49.5 Å². The Hall–Kier alpha value is -4.23. The number of hydrogen-bond donors (Lipinski definition) is 2. The van der Waals surface area contributed by atoms with Crippen molar-refractivity contribution >= 4 is 39.2 Å². The fourth-order valence-corrected chi connectivity index (χ4v) is 18.7. The number of unbranched alkanes of at least 4 members (excludes halogenated alkanes) is 2. The number of allylic oxidation sites excluding steroid dienone is 8. The minimum absolute atomic E-state index is 0.0616. The van der Waals surface area contributed by atoms with Crippen molar-refractivity contribution in [1.82, 2.24) is 0 Å². The van der Waals surface area contributed by atoms with Gasteiger partial charge in [0.1, 0.15) is 0 Å². The van der Waals surface area contributed by atoms with Crippen LogP contribution < -0.4 is 17.2 Å². The molecule has 13 heteroatoms. The summed E-state index contributed by atoms with van der Waals surface area (Å²) in [5.74, 6) is -4.82. The van der Waals surface area contributed by atoms with Crippen LogP contribution in [0.2, 0.25) is 0 Å². The van der Waals surface area contributed by atoms with Crippen LogP contribution in [0.5, 0.6) is 0 Å². The van der Waals surface area contributed by atoms with Gasteiger partial charge in [-0.1, -0.05) is 0 Å². The molecule has 0 fully saturated rings. The molecule has 0 unspecified atom stereocenters. The van der Waals surface area contributed by atoms with Crippen molar-refractivity contribution in [3.63, 3.8) is 0 Å². The molecule has 0 saturated carbocycles. The number of nitrogens with one attached hydrogen (secondary N) is 2. The summed E-state index contributed by atoms with van der Waals surface area (Å²) < 4.78 is 129. The van der Waals surface area contributed by atoms with Gasteiger partial charge < -0.3 is 0 Å². The Bertz CT molecular complexity index is 2390. The second-order valence-electron chi connectivity index (χ2n) is 14.6. The Morgan fingerprint density at radius 1 is 0.596 bits per heavy atom. The van der Waals surface area contributed by atoms with E-state index in [0.29, 0.717) is 44.6 Å². The van der Waals surface area contributed by atoms with Gasteiger partial charge in [0.05, 0.1) is 0 Å². The fourth-order valence-electron chi connectivity index (χ4n) is 7.84. The van der Waals surface area contributed by atoms with Crippen molar-refractivity contribution in [1.29, 1.82) is 0 Å². The van der Waals surface area contributed by atoms with Gasteiger partial charge in [0.2, 0.25) is 0 Å². The van der Waals surface area contributed by atoms with E-state index in [1.54, 1.807) is 60.7 Å². The molecular formula is C44H46F4N2O4S2Ti. The van der Waals surface area contributed by atoms with E-state index in [2.05, 4.69) is 9.44 Å². The van der Waals surface area contributed by atoms with E-state index in [-0.39, 0.29) is 22.6 Å². The monoisotopic (exact) mass is 854 g/mol. The summed E-state index contributed by atoms with van der Waals surface area (Å²) in [7, 11) is -8.89. The SMILES string of the molecule is CCCCc1cc(C)ccc1S(=O)(=O)Nc1ccc(F)[c]([Ti]([C]2=CC=CC2)([C]2=CC=CC2)[c]2c(F)ccc(NS(=O)(=O)c3ccc(C)cc3CCCC)c2F)c1F. The number of anilines is 2. The zero-order chi connectivity index (χ0) is 41.1. The van der Waals surface area contributed by atoms with Crippen LogP contribution in [0.3, 0.4) is 0 Å². The maximum absolute atomic E-state index is 17.5. The molecule has 4 aromatic carbocycles. The molecule has 0 spiro atoms. The zero-order valence-electron chi connectivity index (χ0n) is 32.4. The fraction of sp³-hybridized carbons (Fsp3) is 0.273. The molecule has 0 aromatic heterocycles. The Morgan fingerprint density at radius 2 is 1.00 bits per heavy atom. The van der Waals surface area contributed by atoms with Crippen LogP contribution in [0.1, 0.15) is 74.6 Å². The van der Waals surface area contributed by atoms with Gasteiger partial charge in [0.25, 0.3) is 0 Å². The number of aryl methyl sites for hydroxylation is 4. The first-order valence-electron chi connectivity index (χ1n) is 19.1. The van der Waals surface area contributed by atoms with Crippen molar-refractivity contribution in [3.05, 3.63) is 150 Å². The molecule has 0 radical (unpaired) electrons. The van der Waals surface area contributed by atoms with Crippen molar-refractivity contribution in [2.24, 2.45) is 0 Å². The molecule has 0 amide bonds. The molecule has 0 bridgehead atoms. The summed E-state index contributed by atoms with van der Waals surface area (Å²) in [6, 6.07) is 13.4. The van der Waals surface area contributed by atoms with Gasteiger partial charge in [-0.3, -0.25) is 0 Å². The number of benzene rings is 4. The second kappa shape index (κ2) is 17.3. The molecule has 0 aliphatic heterocycles. The average molecular weight is 855 g/mol. The van der Waals surface area contributed by atoms with E-state index < -0.39 is 79.0 Å². The molecule has 2 aliphatic carbocycles. The average Bonchev–Trinajstić information content (AvgIpc) is 3.91. The first-order chi connectivity index (χ1) is 27.1. The minimum atomic E-state index is -5.49. The molecule has 0 atom stereocenters. The van der Waals surface area contributed by atoms with Crippen LogP contribution >= 0.6 is 0 Å². The van der Waals surface area contributed by atoms with Crippen LogP contribution in [0.4, 0.5) is 28.9 Å². The summed E-state index contributed by atoms with van der Waals surface area (Å²) in [4.78, 5) is -0.123. The van der Waals surface area contributed by atoms with Gasteiger partial charge in [-0.05, 0) is 0 Å². The van der Waals surface area contributed by atoms with Gasteiger partial charge in [0.15, 0.2) is 0 Å². The quantitative estimate of drug-likeness (QED) is 0.0868. The van der Waals surface area contributed by atoms with Crippen LogP contribution in [-0.4, -0.2) is 16.8 Å². The molecular weight excluding hydrogens is 808 g/mol. The third-order valence-electron chi connectivity index (χ3n) is 10.5. The summed E-state index contributed by atoms with van der Waals surface area (Å²) in [5, 5.41) is 0. The van der Waals surface area contributed by atoms with Crippen LogP contribution in [0, 0.1) is 37.1 Å². The van der Waals surface area contributed by atoms with Crippen molar-refractivity contribution in [2.75, 3.05) is 9.44 Å². The summed E-state index contributed by atoms with van der Waals surface area (Å²) in [6.07, 6.45) is 14.1. The van der Waals surface area contributed by atoms with E-state index in [0.717, 1.165) is 48.2 Å². The number of sulfonamides is 2. The molecule has 6 rings (SSSR count). The molecule has 2 N–H and O–H groups in total. The standard InChI is InChI=1S/2C17H18F2NO2S.2C5H5.Ti/c2*1-3-4-5-13-10-12(2)6-9-17(13)23(21,22)20-16-8-7-14(18)11-15(16)19;2*1-2-4-5-3-1;/h2*6-10,20H,3-5H2,1-2H3;2*1-3H,4H2;. The molecule has 6 nitrogen and oxygen atoms in total. The van der Waals surface area contributed by atoms with Crippen LogP contribution in [0.15, 0.2) is 115 Å². The topological polar surface area (TPSA) is 92.3 Å². The van der Waals surface area contributed by atoms with Crippen LogP contribution in [0.25, 0.3) is 0 Å². The number of hydrogen-bond acceptors (Lipinski definition) is 4. The summed E-state index contributed by atoms with van der Waals surface area (Å²) in [5.41, 5.74) is 1.59. The third-order valence-corrected chi connectivity index (χ3v) is 21.4. The Balaban J connectivity index is 1.56. The summed E-state index contributed by atoms with van der Waals surface area (Å²) in [6.45, 7) is 7.62. The van der Waals surface area contributed by atoms with Crippen molar-refractivity contribution in [3.8, 4) is 0 Å². The second-order valence-corrected chi connectivity index (χ2v) is 23.8. The number of rotatable bonds is 16. The molecule has 300 valence electrons. The third kappa shape index (κ3) is 8.37. The predicted molar refractivity (Wildman–Crippen MR) is 217 cm³/mol. The summed E-state index contributed by atoms with van der Waals surface area (Å²) >= 11 is -5.49. The van der Waals surface area contributed by atoms with E-state index in [1.807, 2.05) is 27.7 Å². The van der Waals surface area contributed by atoms with Gasteiger partial charge in [-0.2, -0.15) is 0 Å². The van der Waals surface area contributed by atoms with Gasteiger partial charge in [0, 0.05) is 0 Å². The first-order valence-corrected chi connectivity index (χ1v) is 25.2. The predicted octanol–water partition coefficient (Wildman–Crippen LogP) is 9.94. The zero-order valence-corrected chi connectivity index (χ0v) is 35.6. The normalized spacial score (nSPS) is 14.2. The Kier molecular flexibility index (Phi) is 12.9. The molecule has 0 saturated heterocycles. The molecule has 2 aliphatic rings. The van der Waals surface area contributed by atoms with E-state index in [9.17, 15) is 16.8 Å². The number of halogens is 4. The van der Waals surface area contributed by atoms with Gasteiger partial charge in [-0.15, -0.1) is 0 Å². The van der Waals surface area contributed by atoms with E-state index >= 15 is 17.6 Å². The Morgan fingerprint density at radius 3 is 1.35 bits per heavy atom. The van der Waals surface area contributed by atoms with Gasteiger partial charge >= 0.3 is 339 Å². The maximum atomic E-state index is 17.5. The Labute approximate surface area is 337 Å². The van der Waals surface area contributed by atoms with Gasteiger partial charge in [-0.25, -0.2) is 0 Å². The molecule has 57 heavy (non-hydrogen) atoms. The molecule has 0 heterocycles. The van der Waals surface area contributed by atoms with Crippen molar-refractivity contribution in [2.45, 2.75) is 88.9 Å². The van der Waals surface area contributed by atoms with E-state index in [4.69, 9.17) is 0 Å².